The Bertz CT molecular complexity index is 591. The van der Waals surface area contributed by atoms with Gasteiger partial charge in [0.1, 0.15) is 0 Å². The molecule has 0 amide bonds. The number of hydrogen-bond acceptors (Lipinski definition) is 4. The Hall–Kier alpha value is -0.660. The normalized spacial score (nSPS) is 14.8. The number of ether oxygens (including phenoxy) is 1. The van der Waals surface area contributed by atoms with E-state index in [1.807, 2.05) is 24.3 Å². The van der Waals surface area contributed by atoms with E-state index in [1.54, 1.807) is 14.0 Å². The second kappa shape index (κ2) is 10.4. The number of rotatable bonds is 11. The molecule has 1 aromatic rings. The molecule has 0 aliphatic carbocycles. The Morgan fingerprint density at radius 1 is 1.25 bits per heavy atom. The molecule has 1 N–H and O–H groups in total. The molecule has 0 unspecified atom stereocenters. The lowest BCUT2D eigenvalue weighted by Crippen LogP contribution is -2.41. The van der Waals surface area contributed by atoms with Crippen LogP contribution in [0.15, 0.2) is 24.3 Å². The summed E-state index contributed by atoms with van der Waals surface area (Å²) in [5.41, 5.74) is 0.940. The zero-order chi connectivity index (χ0) is 18.2. The van der Waals surface area contributed by atoms with Crippen molar-refractivity contribution in [2.75, 3.05) is 33.4 Å². The van der Waals surface area contributed by atoms with Crippen LogP contribution in [0.2, 0.25) is 5.02 Å². The van der Waals surface area contributed by atoms with Crippen molar-refractivity contribution in [1.82, 2.24) is 9.62 Å². The summed E-state index contributed by atoms with van der Waals surface area (Å²) in [7, 11) is -1.83. The Morgan fingerprint density at radius 3 is 2.42 bits per heavy atom. The highest BCUT2D eigenvalue weighted by Gasteiger charge is 2.25. The van der Waals surface area contributed by atoms with Crippen LogP contribution >= 0.6 is 11.6 Å². The summed E-state index contributed by atoms with van der Waals surface area (Å²) in [6.45, 7) is 8.16. The maximum atomic E-state index is 12.4. The zero-order valence-corrected chi connectivity index (χ0v) is 16.5. The second-order valence-electron chi connectivity index (χ2n) is 5.74. The van der Waals surface area contributed by atoms with E-state index in [0.29, 0.717) is 24.6 Å². The molecule has 1 rings (SSSR count). The summed E-state index contributed by atoms with van der Waals surface area (Å²) in [6.07, 6.45) is 0.466. The van der Waals surface area contributed by atoms with E-state index in [4.69, 9.17) is 16.3 Å². The lowest BCUT2D eigenvalue weighted by atomic mass is 10.1. The predicted octanol–water partition coefficient (Wildman–Crippen LogP) is 3.07. The number of nitrogens with zero attached hydrogens (tertiary/aromatic N) is 1. The van der Waals surface area contributed by atoms with Crippen LogP contribution in [0.25, 0.3) is 0 Å². The molecule has 0 bridgehead atoms. The first-order chi connectivity index (χ1) is 11.4. The SMILES string of the molecule is CCN(CC)[C@H](CNS(=O)(=O)[C@H](C)CCOC)c1ccccc1Cl. The van der Waals surface area contributed by atoms with Crippen molar-refractivity contribution in [1.29, 1.82) is 0 Å². The molecule has 0 heterocycles. The fourth-order valence-electron chi connectivity index (χ4n) is 2.62. The number of benzene rings is 1. The molecule has 0 aliphatic rings. The third-order valence-corrected chi connectivity index (χ3v) is 6.46. The lowest BCUT2D eigenvalue weighted by molar-refractivity contribution is 0.194. The van der Waals surface area contributed by atoms with Crippen LogP contribution in [-0.2, 0) is 14.8 Å². The molecule has 2 atom stereocenters. The van der Waals surface area contributed by atoms with E-state index in [2.05, 4.69) is 23.5 Å². The summed E-state index contributed by atoms with van der Waals surface area (Å²) in [5.74, 6) is 0. The molecular weight excluding hydrogens is 348 g/mol. The van der Waals surface area contributed by atoms with E-state index >= 15 is 0 Å². The fraction of sp³-hybridized carbons (Fsp3) is 0.647. The molecule has 0 radical (unpaired) electrons. The molecule has 0 saturated heterocycles. The molecule has 7 heteroatoms. The van der Waals surface area contributed by atoms with Gasteiger partial charge in [0.25, 0.3) is 0 Å². The van der Waals surface area contributed by atoms with Gasteiger partial charge in [0, 0.05) is 31.3 Å². The van der Waals surface area contributed by atoms with Crippen molar-refractivity contribution in [3.8, 4) is 0 Å². The first kappa shape index (κ1) is 21.4. The van der Waals surface area contributed by atoms with Crippen LogP contribution in [0.3, 0.4) is 0 Å². The topological polar surface area (TPSA) is 58.6 Å². The van der Waals surface area contributed by atoms with E-state index < -0.39 is 15.3 Å². The summed E-state index contributed by atoms with van der Waals surface area (Å²) in [5, 5.41) is 0.155. The Labute approximate surface area is 151 Å². The van der Waals surface area contributed by atoms with Crippen molar-refractivity contribution in [2.45, 2.75) is 38.5 Å². The number of methoxy groups -OCH3 is 1. The van der Waals surface area contributed by atoms with E-state index in [0.717, 1.165) is 18.7 Å². The van der Waals surface area contributed by atoms with Crippen molar-refractivity contribution < 1.29 is 13.2 Å². The average molecular weight is 377 g/mol. The molecule has 138 valence electrons. The lowest BCUT2D eigenvalue weighted by Gasteiger charge is -2.31. The monoisotopic (exact) mass is 376 g/mol. The van der Waals surface area contributed by atoms with Crippen LogP contribution in [0, 0.1) is 0 Å². The van der Waals surface area contributed by atoms with Gasteiger partial charge in [-0.25, -0.2) is 13.1 Å². The van der Waals surface area contributed by atoms with Crippen molar-refractivity contribution in [3.05, 3.63) is 34.9 Å². The zero-order valence-electron chi connectivity index (χ0n) is 15.0. The highest BCUT2D eigenvalue weighted by Crippen LogP contribution is 2.27. The number of sulfonamides is 1. The molecule has 1 aromatic carbocycles. The van der Waals surface area contributed by atoms with Crippen molar-refractivity contribution in [2.24, 2.45) is 0 Å². The summed E-state index contributed by atoms with van der Waals surface area (Å²) in [4.78, 5) is 2.20. The summed E-state index contributed by atoms with van der Waals surface area (Å²) in [6, 6.07) is 7.49. The predicted molar refractivity (Wildman–Crippen MR) is 100.0 cm³/mol. The van der Waals surface area contributed by atoms with E-state index in [9.17, 15) is 8.42 Å². The van der Waals surface area contributed by atoms with Crippen LogP contribution < -0.4 is 4.72 Å². The van der Waals surface area contributed by atoms with Gasteiger partial charge in [0.05, 0.1) is 5.25 Å². The summed E-state index contributed by atoms with van der Waals surface area (Å²) < 4.78 is 32.6. The maximum Gasteiger partial charge on any atom is 0.214 e. The highest BCUT2D eigenvalue weighted by molar-refractivity contribution is 7.90. The third kappa shape index (κ3) is 6.01. The van der Waals surface area contributed by atoms with Gasteiger partial charge in [0.2, 0.25) is 10.0 Å². The second-order valence-corrected chi connectivity index (χ2v) is 8.33. The van der Waals surface area contributed by atoms with Crippen LogP contribution in [0.1, 0.15) is 38.8 Å². The molecule has 24 heavy (non-hydrogen) atoms. The Morgan fingerprint density at radius 2 is 1.88 bits per heavy atom. The molecule has 5 nitrogen and oxygen atoms in total. The molecular formula is C17H29ClN2O3S. The number of halogens is 1. The number of nitrogens with one attached hydrogen (secondary N) is 1. The minimum atomic E-state index is -3.40. The van der Waals surface area contributed by atoms with Gasteiger partial charge in [-0.15, -0.1) is 0 Å². The summed E-state index contributed by atoms with van der Waals surface area (Å²) >= 11 is 6.34. The van der Waals surface area contributed by atoms with Gasteiger partial charge in [-0.3, -0.25) is 4.90 Å². The van der Waals surface area contributed by atoms with E-state index in [-0.39, 0.29) is 6.04 Å². The van der Waals surface area contributed by atoms with Crippen LogP contribution in [0.5, 0.6) is 0 Å². The van der Waals surface area contributed by atoms with Gasteiger partial charge < -0.3 is 4.74 Å². The van der Waals surface area contributed by atoms with Crippen molar-refractivity contribution >= 4 is 21.6 Å². The van der Waals surface area contributed by atoms with Gasteiger partial charge >= 0.3 is 0 Å². The Balaban J connectivity index is 2.92. The molecule has 0 saturated carbocycles. The minimum Gasteiger partial charge on any atom is -0.385 e. The largest absolute Gasteiger partial charge is 0.385 e. The maximum absolute atomic E-state index is 12.4. The average Bonchev–Trinajstić information content (AvgIpc) is 2.57. The molecule has 0 aliphatic heterocycles. The van der Waals surface area contributed by atoms with Gasteiger partial charge in [-0.05, 0) is 38.1 Å². The fourth-order valence-corrected chi connectivity index (χ4v) is 3.96. The van der Waals surface area contributed by atoms with Crippen LogP contribution in [0.4, 0.5) is 0 Å². The molecule has 0 aromatic heterocycles. The van der Waals surface area contributed by atoms with Gasteiger partial charge in [0.15, 0.2) is 0 Å². The number of hydrogen-bond donors (Lipinski definition) is 1. The quantitative estimate of drug-likeness (QED) is 0.644. The smallest absolute Gasteiger partial charge is 0.214 e. The Kier molecular flexibility index (Phi) is 9.23. The minimum absolute atomic E-state index is 0.0990. The molecule has 0 fully saturated rings. The van der Waals surface area contributed by atoms with E-state index in [1.165, 1.54) is 0 Å². The first-order valence-electron chi connectivity index (χ1n) is 8.33. The van der Waals surface area contributed by atoms with Gasteiger partial charge in [-0.1, -0.05) is 43.6 Å². The number of likely N-dealkylation sites (N-methyl/N-ethyl adjacent to an activating group) is 1. The third-order valence-electron chi connectivity index (χ3n) is 4.25. The standard InChI is InChI=1S/C17H29ClN2O3S/c1-5-20(6-2)17(15-9-7-8-10-16(15)18)13-19-24(21,22)14(3)11-12-23-4/h7-10,14,17,19H,5-6,11-13H2,1-4H3/t14-,17-/m1/s1. The van der Waals surface area contributed by atoms with Crippen LogP contribution in [-0.4, -0.2) is 51.9 Å². The van der Waals surface area contributed by atoms with Crippen molar-refractivity contribution in [3.63, 3.8) is 0 Å². The highest BCUT2D eigenvalue weighted by atomic mass is 35.5. The van der Waals surface area contributed by atoms with Gasteiger partial charge in [-0.2, -0.15) is 0 Å². The molecule has 0 spiro atoms. The first-order valence-corrected chi connectivity index (χ1v) is 10.3.